The molecule has 0 atom stereocenters. The molecule has 0 aliphatic rings. The van der Waals surface area contributed by atoms with Gasteiger partial charge in [-0.15, -0.1) is 0 Å². The van der Waals surface area contributed by atoms with Crippen LogP contribution in [0, 0.1) is 0 Å². The molecule has 0 aliphatic heterocycles. The van der Waals surface area contributed by atoms with Crippen LogP contribution in [0.3, 0.4) is 0 Å². The zero-order valence-electron chi connectivity index (χ0n) is 6.84. The van der Waals surface area contributed by atoms with Gasteiger partial charge >= 0.3 is 29.6 Å². The van der Waals surface area contributed by atoms with Crippen molar-refractivity contribution in [3.05, 3.63) is 0 Å². The Bertz CT molecular complexity index is 181. The predicted molar refractivity (Wildman–Crippen MR) is 37.9 cm³/mol. The summed E-state index contributed by atoms with van der Waals surface area (Å²) in [6, 6.07) is 0. The van der Waals surface area contributed by atoms with Crippen LogP contribution in [0.4, 0.5) is 0 Å². The Morgan fingerprint density at radius 1 is 1.30 bits per heavy atom. The molecule has 0 spiro atoms. The Hall–Kier alpha value is 1.13. The second-order valence-electron chi connectivity index (χ2n) is 3.26. The zero-order valence-corrected chi connectivity index (χ0v) is 10.7. The normalized spacial score (nSPS) is 12.4. The Morgan fingerprint density at radius 3 is 1.60 bits per heavy atom. The van der Waals surface area contributed by atoms with Crippen LogP contribution < -0.4 is 29.6 Å². The van der Waals surface area contributed by atoms with E-state index in [4.69, 9.17) is 0 Å². The maximum absolute atomic E-state index is 10.1. The van der Waals surface area contributed by atoms with E-state index in [1.807, 2.05) is 19.6 Å². The van der Waals surface area contributed by atoms with Gasteiger partial charge in [0.1, 0.15) is 0 Å². The second-order valence-corrected chi connectivity index (χ2v) is 10.7. The first-order valence-electron chi connectivity index (χ1n) is 2.64. The molecule has 0 radical (unpaired) electrons. The first kappa shape index (κ1) is 13.7. The quantitative estimate of drug-likeness (QED) is 0.355. The van der Waals surface area contributed by atoms with Gasteiger partial charge in [0.25, 0.3) is 0 Å². The van der Waals surface area contributed by atoms with Gasteiger partial charge in [-0.05, 0) is 0 Å². The molecule has 0 aromatic heterocycles. The largest absolute Gasteiger partial charge is 1.00 e. The van der Waals surface area contributed by atoms with Crippen molar-refractivity contribution in [3.8, 4) is 0 Å². The Kier molecular flexibility index (Phi) is 5.79. The van der Waals surface area contributed by atoms with Crippen molar-refractivity contribution in [3.63, 3.8) is 0 Å². The summed E-state index contributed by atoms with van der Waals surface area (Å²) in [7, 11) is -5.66. The van der Waals surface area contributed by atoms with E-state index in [-0.39, 0.29) is 34.9 Å². The van der Waals surface area contributed by atoms with E-state index in [9.17, 15) is 13.0 Å². The molecular formula is C4H11NaO3SSi. The number of hydrogen-bond acceptors (Lipinski definition) is 3. The molecule has 0 fully saturated rings. The third-order valence-corrected chi connectivity index (χ3v) is 5.49. The van der Waals surface area contributed by atoms with Crippen LogP contribution in [0.25, 0.3) is 0 Å². The van der Waals surface area contributed by atoms with Gasteiger partial charge in [-0.1, -0.05) is 19.6 Å². The number of hydrogen-bond donors (Lipinski definition) is 0. The molecule has 56 valence electrons. The molecule has 0 aromatic rings. The molecule has 0 saturated carbocycles. The Labute approximate surface area is 85.3 Å². The van der Waals surface area contributed by atoms with Crippen LogP contribution in [0.5, 0.6) is 0 Å². The molecule has 0 saturated heterocycles. The van der Waals surface area contributed by atoms with E-state index in [0.29, 0.717) is 0 Å². The van der Waals surface area contributed by atoms with E-state index in [1.165, 1.54) is 0 Å². The smallest absolute Gasteiger partial charge is 0.748 e. The standard InChI is InChI=1S/C4H12O3SSi.Na/c1-9(2,3)4-8(5,6)7;/h4H2,1-3H3,(H,5,6,7);/q;+1/p-1. The SMILES string of the molecule is C[Si](C)(C)CS(=O)(=O)[O-].[Na+]. The summed E-state index contributed by atoms with van der Waals surface area (Å²) >= 11 is 0. The molecule has 0 rings (SSSR count). The van der Waals surface area contributed by atoms with Crippen LogP contribution in [-0.2, 0) is 10.1 Å². The average Bonchev–Trinajstić information content (AvgIpc) is 1.14. The van der Waals surface area contributed by atoms with E-state index in [1.54, 1.807) is 0 Å². The fourth-order valence-corrected chi connectivity index (χ4v) is 4.77. The van der Waals surface area contributed by atoms with Crippen LogP contribution >= 0.6 is 0 Å². The van der Waals surface area contributed by atoms with Crippen LogP contribution in [0.1, 0.15) is 0 Å². The molecule has 0 aliphatic carbocycles. The van der Waals surface area contributed by atoms with E-state index in [0.717, 1.165) is 0 Å². The molecule has 0 N–H and O–H groups in total. The topological polar surface area (TPSA) is 57.2 Å². The molecular weight excluding hydrogens is 179 g/mol. The summed E-state index contributed by atoms with van der Waals surface area (Å²) in [5.41, 5.74) is 0. The average molecular weight is 190 g/mol. The van der Waals surface area contributed by atoms with Gasteiger partial charge in [-0.3, -0.25) is 0 Å². The molecule has 6 heteroatoms. The maximum atomic E-state index is 10.1. The summed E-state index contributed by atoms with van der Waals surface area (Å²) < 4.78 is 30.4. The first-order chi connectivity index (χ1) is 3.71. The van der Waals surface area contributed by atoms with E-state index >= 15 is 0 Å². The van der Waals surface area contributed by atoms with Crippen molar-refractivity contribution >= 4 is 18.2 Å². The summed E-state index contributed by atoms with van der Waals surface area (Å²) in [6.45, 7) is 5.55. The predicted octanol–water partition coefficient (Wildman–Crippen LogP) is -2.59. The van der Waals surface area contributed by atoms with Crippen LogP contribution in [0.15, 0.2) is 0 Å². The molecule has 0 unspecified atom stereocenters. The van der Waals surface area contributed by atoms with Gasteiger partial charge in [0.2, 0.25) is 0 Å². The van der Waals surface area contributed by atoms with E-state index in [2.05, 4.69) is 0 Å². The fraction of sp³-hybridized carbons (Fsp3) is 1.00. The maximum Gasteiger partial charge on any atom is 1.00 e. The van der Waals surface area contributed by atoms with Gasteiger partial charge in [0.15, 0.2) is 0 Å². The van der Waals surface area contributed by atoms with Crippen LogP contribution in [0.2, 0.25) is 19.6 Å². The van der Waals surface area contributed by atoms with Crippen molar-refractivity contribution in [2.45, 2.75) is 19.6 Å². The molecule has 0 bridgehead atoms. The fourth-order valence-electron chi connectivity index (χ4n) is 0.530. The second kappa shape index (κ2) is 4.23. The summed E-state index contributed by atoms with van der Waals surface area (Å²) in [6.07, 6.45) is 0. The van der Waals surface area contributed by atoms with Crippen molar-refractivity contribution in [1.82, 2.24) is 0 Å². The monoisotopic (exact) mass is 190 g/mol. The van der Waals surface area contributed by atoms with Crippen molar-refractivity contribution in [1.29, 1.82) is 0 Å². The summed E-state index contributed by atoms with van der Waals surface area (Å²) in [5, 5.41) is -0.153. The summed E-state index contributed by atoms with van der Waals surface area (Å²) in [4.78, 5) is 0. The van der Waals surface area contributed by atoms with Gasteiger partial charge < -0.3 is 4.55 Å². The minimum atomic E-state index is -3.97. The Morgan fingerprint density at radius 2 is 1.60 bits per heavy atom. The minimum absolute atomic E-state index is 0. The zero-order chi connectivity index (χ0) is 7.71. The van der Waals surface area contributed by atoms with Crippen LogP contribution in [-0.4, -0.2) is 26.4 Å². The van der Waals surface area contributed by atoms with E-state index < -0.39 is 18.2 Å². The Balaban J connectivity index is 0. The van der Waals surface area contributed by atoms with Gasteiger partial charge in [-0.25, -0.2) is 8.42 Å². The molecule has 3 nitrogen and oxygen atoms in total. The molecule has 0 amide bonds. The molecule has 0 aromatic carbocycles. The minimum Gasteiger partial charge on any atom is -0.748 e. The third kappa shape index (κ3) is 11.9. The van der Waals surface area contributed by atoms with Gasteiger partial charge in [0, 0.05) is 5.38 Å². The molecule has 10 heavy (non-hydrogen) atoms. The summed E-state index contributed by atoms with van der Waals surface area (Å²) in [5.74, 6) is 0. The van der Waals surface area contributed by atoms with Crippen molar-refractivity contribution in [2.75, 3.05) is 5.38 Å². The molecule has 0 heterocycles. The van der Waals surface area contributed by atoms with Gasteiger partial charge in [0.05, 0.1) is 18.2 Å². The van der Waals surface area contributed by atoms with Gasteiger partial charge in [-0.2, -0.15) is 0 Å². The van der Waals surface area contributed by atoms with Crippen molar-refractivity contribution < 1.29 is 42.5 Å². The number of rotatable bonds is 2. The first-order valence-corrected chi connectivity index (χ1v) is 7.93. The third-order valence-electron chi connectivity index (χ3n) is 0.610. The van der Waals surface area contributed by atoms with Crippen molar-refractivity contribution in [2.24, 2.45) is 0 Å².